The number of nitrogens with one attached hydrogen (secondary N) is 2. The number of hydrogen-bond donors (Lipinski definition) is 3. The molecule has 0 aromatic carbocycles. The number of fused-ring (bicyclic) bond motifs is 2. The van der Waals surface area contributed by atoms with Crippen molar-refractivity contribution in [2.24, 2.45) is 0 Å². The molecule has 65 heavy (non-hydrogen) atoms. The van der Waals surface area contributed by atoms with Crippen molar-refractivity contribution in [1.82, 2.24) is 34.5 Å². The van der Waals surface area contributed by atoms with Crippen LogP contribution in [0, 0.1) is 0 Å². The summed E-state index contributed by atoms with van der Waals surface area (Å²) in [6, 6.07) is 2.72. The van der Waals surface area contributed by atoms with Gasteiger partial charge < -0.3 is 34.1 Å². The van der Waals surface area contributed by atoms with Gasteiger partial charge in [0.1, 0.15) is 60.5 Å². The molecular formula is C40H58N8O12S3Si2. The number of ether oxygens (including phenoxy) is 3. The Morgan fingerprint density at radius 2 is 1.71 bits per heavy atom. The van der Waals surface area contributed by atoms with Crippen LogP contribution in [-0.2, 0) is 58.4 Å². The predicted molar refractivity (Wildman–Crippen MR) is 248 cm³/mol. The molecule has 0 bridgehead atoms. The molecule has 3 amide bonds. The monoisotopic (exact) mass is 994 g/mol. The van der Waals surface area contributed by atoms with Crippen LogP contribution in [0.2, 0.25) is 36.3 Å². The summed E-state index contributed by atoms with van der Waals surface area (Å²) in [5, 5.41) is 3.42. The first-order chi connectivity index (χ1) is 30.2. The fraction of sp³-hybridized carbons (Fsp3) is 0.575. The molecular weight excluding hydrogens is 937 g/mol. The molecule has 3 aliphatic heterocycles. The Bertz CT molecular complexity index is 2440. The number of thiophene rings is 1. The molecule has 2 unspecified atom stereocenters. The van der Waals surface area contributed by atoms with Gasteiger partial charge in [-0.05, 0) is 47.7 Å². The van der Waals surface area contributed by atoms with E-state index in [9.17, 15) is 27.6 Å². The molecule has 3 aromatic rings. The van der Waals surface area contributed by atoms with E-state index in [0.29, 0.717) is 11.2 Å². The number of nitrogens with zero attached hydrogens (tertiary/aromatic N) is 5. The number of carbonyl (C=O) groups excluding carboxylic acids is 4. The molecule has 3 aliphatic rings. The SMILES string of the molecule is C=CCOC(=O)C1=C(COC(=O)NS(=O)(=O)OC[C@H]2O[C@@H](n3cnc4c(N)ncnc43)C(O[Si](C)(C)C(C)(C)C)C2O[Si](C)(C)C(C)(C)C)CS[C@@H]2[C@H](NC(=O)Cc3cccs3)C(=O)N12. The fourth-order valence-corrected chi connectivity index (χ4v) is 11.9. The van der Waals surface area contributed by atoms with E-state index in [-0.39, 0.29) is 51.9 Å². The van der Waals surface area contributed by atoms with Crippen LogP contribution in [0.1, 0.15) is 52.6 Å². The first-order valence-corrected chi connectivity index (χ1v) is 29.9. The largest absolute Gasteiger partial charge is 0.457 e. The molecule has 6 atom stereocenters. The van der Waals surface area contributed by atoms with E-state index in [1.54, 1.807) is 9.29 Å². The molecule has 2 saturated heterocycles. The number of esters is 1. The second kappa shape index (κ2) is 19.2. The van der Waals surface area contributed by atoms with Gasteiger partial charge in [0.05, 0.1) is 19.4 Å². The highest BCUT2D eigenvalue weighted by Crippen LogP contribution is 2.46. The second-order valence-corrected chi connectivity index (χ2v) is 31.8. The van der Waals surface area contributed by atoms with Crippen molar-refractivity contribution in [2.75, 3.05) is 31.3 Å². The summed E-state index contributed by atoms with van der Waals surface area (Å²) in [5.74, 6) is -1.56. The Kier molecular flexibility index (Phi) is 14.8. The van der Waals surface area contributed by atoms with Crippen LogP contribution in [0.25, 0.3) is 11.2 Å². The number of nitrogens with two attached hydrogens (primary N) is 1. The maximum Gasteiger partial charge on any atom is 0.423 e. The Morgan fingerprint density at radius 1 is 1.03 bits per heavy atom. The highest BCUT2D eigenvalue weighted by molar-refractivity contribution is 8.00. The maximum absolute atomic E-state index is 13.4. The van der Waals surface area contributed by atoms with Gasteiger partial charge in [-0.15, -0.1) is 23.1 Å². The number of carbonyl (C=O) groups is 4. The van der Waals surface area contributed by atoms with Crippen molar-refractivity contribution in [2.45, 2.75) is 120 Å². The quantitative estimate of drug-likeness (QED) is 0.0713. The molecule has 0 saturated carbocycles. The third-order valence-corrected chi connectivity index (χ3v) is 24.2. The average molecular weight is 995 g/mol. The molecule has 2 fully saturated rings. The number of nitrogen functional groups attached to an aromatic ring is 1. The lowest BCUT2D eigenvalue weighted by Gasteiger charge is -2.49. The average Bonchev–Trinajstić information content (AvgIpc) is 3.96. The Balaban J connectivity index is 1.19. The van der Waals surface area contributed by atoms with E-state index in [1.165, 1.54) is 46.7 Å². The summed E-state index contributed by atoms with van der Waals surface area (Å²) in [5.41, 5.74) is 6.85. The van der Waals surface area contributed by atoms with Crippen molar-refractivity contribution in [3.63, 3.8) is 0 Å². The van der Waals surface area contributed by atoms with Gasteiger partial charge in [0.2, 0.25) is 5.91 Å². The van der Waals surface area contributed by atoms with Gasteiger partial charge in [-0.25, -0.2) is 24.5 Å². The minimum atomic E-state index is -4.87. The minimum Gasteiger partial charge on any atom is -0.457 e. The number of anilines is 1. The molecule has 0 spiro atoms. The normalized spacial score (nSPS) is 22.9. The molecule has 356 valence electrons. The molecule has 6 rings (SSSR count). The van der Waals surface area contributed by atoms with Gasteiger partial charge in [0.15, 0.2) is 34.3 Å². The van der Waals surface area contributed by atoms with E-state index in [4.69, 9.17) is 33.0 Å². The maximum atomic E-state index is 13.4. The smallest absolute Gasteiger partial charge is 0.423 e. The zero-order valence-electron chi connectivity index (χ0n) is 38.1. The van der Waals surface area contributed by atoms with Crippen LogP contribution < -0.4 is 15.8 Å². The molecule has 3 aromatic heterocycles. The van der Waals surface area contributed by atoms with Crippen molar-refractivity contribution in [3.05, 3.63) is 59.0 Å². The molecule has 6 heterocycles. The molecule has 20 nitrogen and oxygen atoms in total. The lowest BCUT2D eigenvalue weighted by molar-refractivity contribution is -0.152. The summed E-state index contributed by atoms with van der Waals surface area (Å²) < 4.78 is 67.1. The number of amides is 3. The Hall–Kier alpha value is -4.22. The van der Waals surface area contributed by atoms with E-state index in [2.05, 4.69) is 94.6 Å². The number of hydrogen-bond acceptors (Lipinski definition) is 18. The van der Waals surface area contributed by atoms with Gasteiger partial charge in [-0.3, -0.25) is 23.2 Å². The van der Waals surface area contributed by atoms with Crippen LogP contribution in [0.5, 0.6) is 0 Å². The van der Waals surface area contributed by atoms with Crippen LogP contribution in [0.3, 0.4) is 0 Å². The molecule has 0 radical (unpaired) electrons. The minimum absolute atomic E-state index is 0.0829. The first kappa shape index (κ1) is 50.2. The van der Waals surface area contributed by atoms with Gasteiger partial charge in [-0.2, -0.15) is 13.1 Å². The van der Waals surface area contributed by atoms with Crippen LogP contribution in [-0.4, -0.2) is 129 Å². The first-order valence-electron chi connectivity index (χ1n) is 20.8. The standard InChI is InChI=1S/C40H58N8O12S3Si2/c1-12-15-55-37(51)29-23(20-62-36-28(34(50)48(29)36)45-26(49)17-24-14-13-16-61-24)18-56-38(52)46-63(53,54)57-19-25-30(59-64(8,9)39(2,3)4)31(60-65(10,11)40(5,6)7)35(58-25)47-22-44-27-32(41)42-21-43-33(27)47/h12-14,16,21-22,25,28,30-31,35-36H,1,15,17-20H2,2-11H3,(H,45,49)(H,46,52)(H2,41,42,43)/t25-,28-,30?,31?,35-,36-/m1/s1. The highest BCUT2D eigenvalue weighted by Gasteiger charge is 2.56. The van der Waals surface area contributed by atoms with Gasteiger partial charge >= 0.3 is 22.4 Å². The lowest BCUT2D eigenvalue weighted by Crippen LogP contribution is -2.70. The summed E-state index contributed by atoms with van der Waals surface area (Å²) in [6.07, 6.45) is -0.841. The number of imidazole rings is 1. The van der Waals surface area contributed by atoms with Crippen molar-refractivity contribution < 1.29 is 54.8 Å². The predicted octanol–water partition coefficient (Wildman–Crippen LogP) is 4.76. The lowest BCUT2D eigenvalue weighted by atomic mass is 10.0. The van der Waals surface area contributed by atoms with Crippen molar-refractivity contribution in [1.29, 1.82) is 0 Å². The summed E-state index contributed by atoms with van der Waals surface area (Å²) in [6.45, 7) is 23.0. The summed E-state index contributed by atoms with van der Waals surface area (Å²) >= 11 is 2.64. The zero-order chi connectivity index (χ0) is 47.9. The fourth-order valence-electron chi connectivity index (χ4n) is 6.68. The van der Waals surface area contributed by atoms with E-state index in [0.717, 1.165) is 4.88 Å². The third-order valence-electron chi connectivity index (χ3n) is 12.2. The third kappa shape index (κ3) is 11.0. The van der Waals surface area contributed by atoms with Gasteiger partial charge in [0, 0.05) is 16.2 Å². The van der Waals surface area contributed by atoms with E-state index < -0.39 is 94.1 Å². The van der Waals surface area contributed by atoms with E-state index in [1.807, 2.05) is 17.5 Å². The van der Waals surface area contributed by atoms with Crippen molar-refractivity contribution in [3.8, 4) is 0 Å². The molecule has 4 N–H and O–H groups in total. The number of rotatable bonds is 17. The Morgan fingerprint density at radius 3 is 2.34 bits per heavy atom. The summed E-state index contributed by atoms with van der Waals surface area (Å²) in [4.78, 5) is 67.5. The van der Waals surface area contributed by atoms with Gasteiger partial charge in [0.25, 0.3) is 5.91 Å². The zero-order valence-corrected chi connectivity index (χ0v) is 42.6. The second-order valence-electron chi connectivity index (χ2n) is 18.8. The van der Waals surface area contributed by atoms with Gasteiger partial charge in [-0.1, -0.05) is 60.3 Å². The summed E-state index contributed by atoms with van der Waals surface area (Å²) in [7, 11) is -10.1. The van der Waals surface area contributed by atoms with Crippen LogP contribution >= 0.6 is 23.1 Å². The van der Waals surface area contributed by atoms with Crippen LogP contribution in [0.4, 0.5) is 10.6 Å². The van der Waals surface area contributed by atoms with E-state index >= 15 is 0 Å². The molecule has 25 heteroatoms. The number of β-lactam (4-membered cyclic amide) rings is 1. The number of thioether (sulfide) groups is 1. The molecule has 0 aliphatic carbocycles. The van der Waals surface area contributed by atoms with Crippen molar-refractivity contribution >= 4 is 90.9 Å². The number of aromatic nitrogens is 4. The Labute approximate surface area is 388 Å². The topological polar surface area (TPSA) is 255 Å². The highest BCUT2D eigenvalue weighted by atomic mass is 32.2. The van der Waals surface area contributed by atoms with Crippen LogP contribution in [0.15, 0.2) is 54.1 Å².